The number of unbranched alkanes of at least 4 members (excludes halogenated alkanes) is 1. The second kappa shape index (κ2) is 6.22. The fourth-order valence-corrected chi connectivity index (χ4v) is 2.40. The predicted octanol–water partition coefficient (Wildman–Crippen LogP) is 1.75. The Labute approximate surface area is 98.8 Å². The van der Waals surface area contributed by atoms with Crippen LogP contribution in [0.4, 0.5) is 0 Å². The van der Waals surface area contributed by atoms with E-state index in [1.165, 1.54) is 45.3 Å². The van der Waals surface area contributed by atoms with E-state index >= 15 is 0 Å². The minimum Gasteiger partial charge on any atom is -0.314 e. The molecule has 1 heterocycles. The molecule has 2 fully saturated rings. The third-order valence-corrected chi connectivity index (χ3v) is 3.74. The second-order valence-electron chi connectivity index (χ2n) is 5.23. The Morgan fingerprint density at radius 1 is 1.19 bits per heavy atom. The summed E-state index contributed by atoms with van der Waals surface area (Å²) in [5, 5.41) is 12.2. The minimum atomic E-state index is 0.708. The molecule has 0 aromatic carbocycles. The van der Waals surface area contributed by atoms with Crippen LogP contribution in [0.2, 0.25) is 0 Å². The van der Waals surface area contributed by atoms with Crippen LogP contribution in [0.1, 0.15) is 38.5 Å². The number of nitriles is 1. The predicted molar refractivity (Wildman–Crippen MR) is 65.0 cm³/mol. The number of hydrogen-bond donors (Lipinski definition) is 1. The molecule has 2 rings (SSSR count). The third-order valence-electron chi connectivity index (χ3n) is 3.74. The zero-order valence-electron chi connectivity index (χ0n) is 10.1. The smallest absolute Gasteiger partial charge is 0.0622 e. The van der Waals surface area contributed by atoms with Gasteiger partial charge in [0.25, 0.3) is 0 Å². The van der Waals surface area contributed by atoms with Crippen LogP contribution in [0.15, 0.2) is 0 Å². The molecule has 16 heavy (non-hydrogen) atoms. The molecule has 3 heteroatoms. The molecule has 0 bridgehead atoms. The number of likely N-dealkylation sites (tertiary alicyclic amines) is 1. The number of rotatable bonds is 6. The fraction of sp³-hybridized carbons (Fsp3) is 0.923. The Bertz CT molecular complexity index is 234. The maximum atomic E-state index is 8.49. The summed E-state index contributed by atoms with van der Waals surface area (Å²) in [7, 11) is 0. The van der Waals surface area contributed by atoms with E-state index in [0.29, 0.717) is 6.42 Å². The van der Waals surface area contributed by atoms with Gasteiger partial charge in [-0.15, -0.1) is 0 Å². The van der Waals surface area contributed by atoms with Crippen molar-refractivity contribution in [1.82, 2.24) is 10.2 Å². The molecule has 0 unspecified atom stereocenters. The fourth-order valence-electron chi connectivity index (χ4n) is 2.40. The maximum absolute atomic E-state index is 8.49. The van der Waals surface area contributed by atoms with E-state index in [1.807, 2.05) is 0 Å². The van der Waals surface area contributed by atoms with Crippen molar-refractivity contribution in [2.75, 3.05) is 26.2 Å². The van der Waals surface area contributed by atoms with E-state index in [-0.39, 0.29) is 0 Å². The average molecular weight is 221 g/mol. The van der Waals surface area contributed by atoms with Gasteiger partial charge in [-0.3, -0.25) is 0 Å². The van der Waals surface area contributed by atoms with E-state index < -0.39 is 0 Å². The molecule has 3 nitrogen and oxygen atoms in total. The van der Waals surface area contributed by atoms with Crippen LogP contribution in [0.3, 0.4) is 0 Å². The van der Waals surface area contributed by atoms with Crippen molar-refractivity contribution in [2.24, 2.45) is 5.92 Å². The average Bonchev–Trinajstić information content (AvgIpc) is 3.12. The van der Waals surface area contributed by atoms with Crippen molar-refractivity contribution >= 4 is 0 Å². The highest BCUT2D eigenvalue weighted by Crippen LogP contribution is 2.28. The maximum Gasteiger partial charge on any atom is 0.0622 e. The summed E-state index contributed by atoms with van der Waals surface area (Å²) in [6.45, 7) is 4.80. The van der Waals surface area contributed by atoms with Gasteiger partial charge in [0.05, 0.1) is 6.07 Å². The van der Waals surface area contributed by atoms with Gasteiger partial charge in [-0.1, -0.05) is 0 Å². The molecule has 1 N–H and O–H groups in total. The molecule has 0 spiro atoms. The van der Waals surface area contributed by atoms with Crippen molar-refractivity contribution in [1.29, 1.82) is 5.26 Å². The van der Waals surface area contributed by atoms with Gasteiger partial charge in [0.15, 0.2) is 0 Å². The lowest BCUT2D eigenvalue weighted by Crippen LogP contribution is -2.43. The summed E-state index contributed by atoms with van der Waals surface area (Å²) >= 11 is 0. The van der Waals surface area contributed by atoms with Gasteiger partial charge in [0, 0.05) is 12.5 Å². The van der Waals surface area contributed by atoms with Gasteiger partial charge >= 0.3 is 0 Å². The zero-order chi connectivity index (χ0) is 11.2. The molecule has 1 saturated carbocycles. The van der Waals surface area contributed by atoms with Gasteiger partial charge in [-0.2, -0.15) is 5.26 Å². The van der Waals surface area contributed by atoms with Gasteiger partial charge in [0.2, 0.25) is 0 Å². The molecule has 0 atom stereocenters. The highest BCUT2D eigenvalue weighted by molar-refractivity contribution is 4.82. The summed E-state index contributed by atoms with van der Waals surface area (Å²) in [5.74, 6) is 0.994. The van der Waals surface area contributed by atoms with Crippen molar-refractivity contribution in [3.63, 3.8) is 0 Å². The normalized spacial score (nSPS) is 23.2. The van der Waals surface area contributed by atoms with Gasteiger partial charge in [0.1, 0.15) is 0 Å². The Hall–Kier alpha value is -0.590. The monoisotopic (exact) mass is 221 g/mol. The third kappa shape index (κ3) is 4.11. The molecule has 1 aliphatic carbocycles. The van der Waals surface area contributed by atoms with Crippen LogP contribution >= 0.6 is 0 Å². The van der Waals surface area contributed by atoms with Crippen molar-refractivity contribution in [2.45, 2.75) is 44.6 Å². The lowest BCUT2D eigenvalue weighted by molar-refractivity contribution is 0.196. The lowest BCUT2D eigenvalue weighted by Gasteiger charge is -2.32. The van der Waals surface area contributed by atoms with Crippen LogP contribution in [0.5, 0.6) is 0 Å². The molecule has 90 valence electrons. The van der Waals surface area contributed by atoms with Crippen molar-refractivity contribution in [3.8, 4) is 6.07 Å². The summed E-state index contributed by atoms with van der Waals surface area (Å²) in [5.41, 5.74) is 0. The first kappa shape index (κ1) is 11.9. The highest BCUT2D eigenvalue weighted by atomic mass is 15.1. The van der Waals surface area contributed by atoms with E-state index in [0.717, 1.165) is 24.9 Å². The zero-order valence-corrected chi connectivity index (χ0v) is 10.1. The van der Waals surface area contributed by atoms with Crippen LogP contribution < -0.4 is 5.32 Å². The van der Waals surface area contributed by atoms with Gasteiger partial charge in [-0.05, 0) is 64.2 Å². The van der Waals surface area contributed by atoms with Crippen LogP contribution in [0, 0.1) is 17.2 Å². The van der Waals surface area contributed by atoms with E-state index in [9.17, 15) is 0 Å². The van der Waals surface area contributed by atoms with Crippen LogP contribution in [-0.4, -0.2) is 37.1 Å². The minimum absolute atomic E-state index is 0.708. The van der Waals surface area contributed by atoms with Crippen molar-refractivity contribution in [3.05, 3.63) is 0 Å². The Morgan fingerprint density at radius 3 is 2.56 bits per heavy atom. The van der Waals surface area contributed by atoms with Gasteiger partial charge in [-0.25, -0.2) is 0 Å². The summed E-state index contributed by atoms with van der Waals surface area (Å²) in [4.78, 5) is 2.51. The molecule has 1 saturated heterocycles. The lowest BCUT2D eigenvalue weighted by atomic mass is 10.0. The molecule has 2 aliphatic rings. The molecule has 0 aromatic heterocycles. The van der Waals surface area contributed by atoms with E-state index in [4.69, 9.17) is 5.26 Å². The highest BCUT2D eigenvalue weighted by Gasteiger charge is 2.24. The molecule has 1 aliphatic heterocycles. The molecule has 0 radical (unpaired) electrons. The Kier molecular flexibility index (Phi) is 4.62. The summed E-state index contributed by atoms with van der Waals surface area (Å²) < 4.78 is 0. The first-order chi connectivity index (χ1) is 7.88. The number of piperidine rings is 1. The van der Waals surface area contributed by atoms with E-state index in [2.05, 4.69) is 16.3 Å². The van der Waals surface area contributed by atoms with Gasteiger partial charge < -0.3 is 10.2 Å². The molecular formula is C13H23N3. The molecule has 0 amide bonds. The summed E-state index contributed by atoms with van der Waals surface area (Å²) in [6, 6.07) is 2.97. The molecule has 0 aromatic rings. The largest absolute Gasteiger partial charge is 0.314 e. The van der Waals surface area contributed by atoms with Crippen LogP contribution in [-0.2, 0) is 0 Å². The molecular weight excluding hydrogens is 198 g/mol. The topological polar surface area (TPSA) is 39.1 Å². The second-order valence-corrected chi connectivity index (χ2v) is 5.23. The number of nitrogens with zero attached hydrogens (tertiary/aromatic N) is 2. The first-order valence-corrected chi connectivity index (χ1v) is 6.71. The number of nitrogens with one attached hydrogen (secondary N) is 1. The Balaban J connectivity index is 1.53. The summed E-state index contributed by atoms with van der Waals surface area (Å²) in [6.07, 6.45) is 7.22. The van der Waals surface area contributed by atoms with E-state index in [1.54, 1.807) is 0 Å². The quantitative estimate of drug-likeness (QED) is 0.695. The van der Waals surface area contributed by atoms with Crippen molar-refractivity contribution < 1.29 is 0 Å². The first-order valence-electron chi connectivity index (χ1n) is 6.71. The Morgan fingerprint density at radius 2 is 1.94 bits per heavy atom. The number of hydrogen-bond acceptors (Lipinski definition) is 3. The SMILES string of the molecule is N#CCCCN1CCC(NCC2CC2)CC1. The standard InChI is InChI=1S/C13H23N3/c14-7-1-2-8-16-9-5-13(6-10-16)15-11-12-3-4-12/h12-13,15H,1-6,8-11H2. The van der Waals surface area contributed by atoms with Crippen LogP contribution in [0.25, 0.3) is 0 Å².